The maximum Gasteiger partial charge on any atom is 0.162 e. The van der Waals surface area contributed by atoms with Crippen molar-refractivity contribution in [2.75, 3.05) is 0 Å². The molecular formula is C55H44N6. The Balaban J connectivity index is 1.10. The molecule has 0 saturated heterocycles. The van der Waals surface area contributed by atoms with Crippen LogP contribution in [0.5, 0.6) is 0 Å². The fourth-order valence-corrected chi connectivity index (χ4v) is 9.87. The van der Waals surface area contributed by atoms with Gasteiger partial charge in [0.1, 0.15) is 12.0 Å². The van der Waals surface area contributed by atoms with E-state index in [1.807, 2.05) is 0 Å². The minimum Gasteiger partial charge on any atom is -0.337 e. The van der Waals surface area contributed by atoms with Crippen LogP contribution >= 0.6 is 0 Å². The molecule has 0 spiro atoms. The maximum absolute atomic E-state index is 5.33. The Morgan fingerprint density at radius 2 is 1.07 bits per heavy atom. The first-order chi connectivity index (χ1) is 30.2. The molecule has 1 aliphatic heterocycles. The summed E-state index contributed by atoms with van der Waals surface area (Å²) in [6.45, 7) is 4.40. The number of nitrogens with one attached hydrogen (secondary N) is 2. The van der Waals surface area contributed by atoms with Crippen molar-refractivity contribution in [3.63, 3.8) is 0 Å². The molecule has 2 unspecified atom stereocenters. The summed E-state index contributed by atoms with van der Waals surface area (Å²) in [5, 5.41) is 15.2. The van der Waals surface area contributed by atoms with Crippen molar-refractivity contribution in [1.29, 1.82) is 0 Å². The maximum atomic E-state index is 5.33. The molecule has 61 heavy (non-hydrogen) atoms. The van der Waals surface area contributed by atoms with Crippen LogP contribution in [0.15, 0.2) is 187 Å². The summed E-state index contributed by atoms with van der Waals surface area (Å²) < 4.78 is 7.34. The summed E-state index contributed by atoms with van der Waals surface area (Å²) in [5.74, 6) is 0.875. The third-order valence-corrected chi connectivity index (χ3v) is 12.9. The van der Waals surface area contributed by atoms with Gasteiger partial charge in [0, 0.05) is 49.3 Å². The molecule has 0 radical (unpaired) electrons. The number of rotatable bonds is 7. The van der Waals surface area contributed by atoms with Gasteiger partial charge in [-0.1, -0.05) is 141 Å². The molecule has 0 aliphatic carbocycles. The van der Waals surface area contributed by atoms with E-state index >= 15 is 0 Å². The molecule has 0 amide bonds. The van der Waals surface area contributed by atoms with Crippen LogP contribution in [0.3, 0.4) is 0 Å². The van der Waals surface area contributed by atoms with Crippen LogP contribution in [0.2, 0.25) is 0 Å². The van der Waals surface area contributed by atoms with E-state index in [1.54, 1.807) is 0 Å². The third-order valence-electron chi connectivity index (χ3n) is 12.9. The molecule has 3 aromatic heterocycles. The van der Waals surface area contributed by atoms with Gasteiger partial charge in [-0.05, 0) is 84.1 Å². The zero-order chi connectivity index (χ0) is 40.6. The van der Waals surface area contributed by atoms with E-state index in [1.165, 1.54) is 65.5 Å². The quantitative estimate of drug-likeness (QED) is 0.169. The van der Waals surface area contributed by atoms with Gasteiger partial charge in [0.05, 0.1) is 33.1 Å². The largest absolute Gasteiger partial charge is 0.337 e. The fraction of sp³-hybridized carbons (Fsp3) is 0.109. The molecule has 2 N–H and O–H groups in total. The lowest BCUT2D eigenvalue weighted by Crippen LogP contribution is -2.47. The number of hydrogen-bond acceptors (Lipinski definition) is 3. The molecule has 1 aliphatic rings. The highest BCUT2D eigenvalue weighted by molar-refractivity contribution is 6.26. The molecule has 2 atom stereocenters. The molecule has 6 nitrogen and oxygen atoms in total. The zero-order valence-electron chi connectivity index (χ0n) is 34.2. The first kappa shape index (κ1) is 35.5. The lowest BCUT2D eigenvalue weighted by Gasteiger charge is -2.33. The van der Waals surface area contributed by atoms with Crippen molar-refractivity contribution in [1.82, 2.24) is 24.3 Å². The Labute approximate surface area is 354 Å². The fourth-order valence-electron chi connectivity index (χ4n) is 9.87. The Morgan fingerprint density at radius 3 is 1.79 bits per heavy atom. The summed E-state index contributed by atoms with van der Waals surface area (Å²) >= 11 is 0. The zero-order valence-corrected chi connectivity index (χ0v) is 34.2. The van der Waals surface area contributed by atoms with Crippen LogP contribution in [0, 0.1) is 0 Å². The van der Waals surface area contributed by atoms with E-state index in [0.29, 0.717) is 0 Å². The number of amidine groups is 1. The predicted octanol–water partition coefficient (Wildman–Crippen LogP) is 12.9. The van der Waals surface area contributed by atoms with Crippen molar-refractivity contribution in [2.24, 2.45) is 4.99 Å². The smallest absolute Gasteiger partial charge is 0.162 e. The topological polar surface area (TPSA) is 51.2 Å². The molecule has 0 fully saturated rings. The summed E-state index contributed by atoms with van der Waals surface area (Å²) in [4.78, 5) is 5.33. The standard InChI is InChI=1S/C55H44N6/c1-3-35-22-26-37(27-23-35)53-56-54(38-28-24-36(4-2)25-29-38)58-55(57-53)61-48-21-13-10-18-44(48)51-50(61)33-31-43-41-16-8-12-20-47(41)60(52(43)51)40-30-32-49-45(34-40)42-17-9-11-19-46(42)59(49)39-14-6-5-7-15-39/h5-34,53,55,57H,3-4H2,1-2H3,(H,56,58). The Bertz CT molecular complexity index is 3490. The number of aliphatic imine (C=N–C) groups is 1. The molecule has 8 aromatic carbocycles. The molecule has 0 bridgehead atoms. The van der Waals surface area contributed by atoms with Crippen LogP contribution in [-0.4, -0.2) is 19.5 Å². The lowest BCUT2D eigenvalue weighted by molar-refractivity contribution is 0.329. The SMILES string of the molecule is CCc1ccc(C2=NC(c3ccc(CC)cc3)NC(n3c4ccccc4c4c5c(ccc43)c3ccccc3n5-c3ccc4c(c3)c3ccccc3n4-c3ccccc3)N2)cc1. The monoisotopic (exact) mass is 788 g/mol. The van der Waals surface area contributed by atoms with Crippen molar-refractivity contribution >= 4 is 71.3 Å². The van der Waals surface area contributed by atoms with Crippen molar-refractivity contribution in [2.45, 2.75) is 39.1 Å². The van der Waals surface area contributed by atoms with E-state index in [2.05, 4.69) is 220 Å². The first-order valence-corrected chi connectivity index (χ1v) is 21.5. The highest BCUT2D eigenvalue weighted by Crippen LogP contribution is 2.43. The molecular weight excluding hydrogens is 745 g/mol. The summed E-state index contributed by atoms with van der Waals surface area (Å²) in [6, 6.07) is 66.6. The van der Waals surface area contributed by atoms with Gasteiger partial charge in [-0.15, -0.1) is 0 Å². The van der Waals surface area contributed by atoms with Crippen LogP contribution in [0.25, 0.3) is 76.8 Å². The number of benzene rings is 8. The van der Waals surface area contributed by atoms with Crippen molar-refractivity contribution in [3.8, 4) is 11.4 Å². The Morgan fingerprint density at radius 1 is 0.475 bits per heavy atom. The average molecular weight is 789 g/mol. The average Bonchev–Trinajstić information content (AvgIpc) is 3.97. The van der Waals surface area contributed by atoms with Gasteiger partial charge in [0.2, 0.25) is 0 Å². The molecule has 6 heteroatoms. The Hall–Kier alpha value is -7.41. The predicted molar refractivity (Wildman–Crippen MR) is 254 cm³/mol. The number of aryl methyl sites for hydroxylation is 2. The molecule has 11 aromatic rings. The van der Waals surface area contributed by atoms with Crippen molar-refractivity contribution < 1.29 is 0 Å². The minimum absolute atomic E-state index is 0.255. The number of hydrogen-bond donors (Lipinski definition) is 2. The highest BCUT2D eigenvalue weighted by atomic mass is 15.4. The molecule has 12 rings (SSSR count). The molecule has 294 valence electrons. The van der Waals surface area contributed by atoms with Crippen LogP contribution in [0.1, 0.15) is 48.6 Å². The minimum atomic E-state index is -0.299. The first-order valence-electron chi connectivity index (χ1n) is 21.5. The van der Waals surface area contributed by atoms with Crippen molar-refractivity contribution in [3.05, 3.63) is 204 Å². The van der Waals surface area contributed by atoms with Crippen LogP contribution in [-0.2, 0) is 12.8 Å². The highest BCUT2D eigenvalue weighted by Gasteiger charge is 2.29. The van der Waals surface area contributed by atoms with E-state index in [-0.39, 0.29) is 12.5 Å². The second-order valence-electron chi connectivity index (χ2n) is 16.2. The van der Waals surface area contributed by atoms with Crippen LogP contribution in [0.4, 0.5) is 0 Å². The summed E-state index contributed by atoms with van der Waals surface area (Å²) in [7, 11) is 0. The number of nitrogens with zero attached hydrogens (tertiary/aromatic N) is 4. The van der Waals surface area contributed by atoms with E-state index < -0.39 is 0 Å². The third kappa shape index (κ3) is 5.56. The second-order valence-corrected chi connectivity index (χ2v) is 16.2. The lowest BCUT2D eigenvalue weighted by atomic mass is 10.1. The molecule has 0 saturated carbocycles. The van der Waals surface area contributed by atoms with Gasteiger partial charge in [0.15, 0.2) is 6.29 Å². The number of aromatic nitrogens is 3. The summed E-state index contributed by atoms with van der Waals surface area (Å²) in [5.41, 5.74) is 14.2. The van der Waals surface area contributed by atoms with Crippen LogP contribution < -0.4 is 10.6 Å². The second kappa shape index (κ2) is 14.1. The molecule has 4 heterocycles. The van der Waals surface area contributed by atoms with Gasteiger partial charge in [-0.25, -0.2) is 4.99 Å². The number of fused-ring (bicyclic) bond motifs is 10. The normalized spacial score (nSPS) is 15.7. The van der Waals surface area contributed by atoms with Gasteiger partial charge < -0.3 is 19.0 Å². The van der Waals surface area contributed by atoms with E-state index in [9.17, 15) is 0 Å². The van der Waals surface area contributed by atoms with Gasteiger partial charge in [0.25, 0.3) is 0 Å². The number of para-hydroxylation sites is 4. The van der Waals surface area contributed by atoms with Gasteiger partial charge in [-0.3, -0.25) is 5.32 Å². The van der Waals surface area contributed by atoms with Gasteiger partial charge >= 0.3 is 0 Å². The summed E-state index contributed by atoms with van der Waals surface area (Å²) in [6.07, 6.45) is 1.44. The Kier molecular flexibility index (Phi) is 8.22. The van der Waals surface area contributed by atoms with Gasteiger partial charge in [-0.2, -0.15) is 0 Å². The van der Waals surface area contributed by atoms with E-state index in [4.69, 9.17) is 4.99 Å². The van der Waals surface area contributed by atoms with E-state index in [0.717, 1.165) is 52.2 Å².